The van der Waals surface area contributed by atoms with E-state index in [4.69, 9.17) is 0 Å². The van der Waals surface area contributed by atoms with Crippen LogP contribution in [0.1, 0.15) is 51.7 Å². The molecule has 0 spiro atoms. The van der Waals surface area contributed by atoms with Crippen molar-refractivity contribution in [2.24, 2.45) is 0 Å². The summed E-state index contributed by atoms with van der Waals surface area (Å²) in [7, 11) is 0. The maximum atomic E-state index is 2.72. The molecule has 0 atom stereocenters. The molecule has 0 aromatic heterocycles. The summed E-state index contributed by atoms with van der Waals surface area (Å²) >= 11 is 0. The van der Waals surface area contributed by atoms with Gasteiger partial charge in [-0.15, -0.1) is 0 Å². The predicted octanol–water partition coefficient (Wildman–Crippen LogP) is 6.83. The highest BCUT2D eigenvalue weighted by Crippen LogP contribution is 2.16. The zero-order valence-corrected chi connectivity index (χ0v) is 19.9. The van der Waals surface area contributed by atoms with Crippen LogP contribution < -0.4 is 0 Å². The third-order valence-corrected chi connectivity index (χ3v) is 6.52. The van der Waals surface area contributed by atoms with Gasteiger partial charge >= 0.3 is 0 Å². The van der Waals surface area contributed by atoms with Crippen molar-refractivity contribution in [3.05, 3.63) is 71.8 Å². The van der Waals surface area contributed by atoms with E-state index < -0.39 is 0 Å². The monoisotopic (exact) mass is 404 g/mol. The summed E-state index contributed by atoms with van der Waals surface area (Å²) in [4.78, 5) is 5.43. The van der Waals surface area contributed by atoms with Gasteiger partial charge in [0.1, 0.15) is 0 Å². The Bertz CT molecular complexity index is 598. The lowest BCUT2D eigenvalue weighted by molar-refractivity contribution is 0.369. The summed E-state index contributed by atoms with van der Waals surface area (Å²) in [6.45, 7) is 15.3. The Morgan fingerprint density at radius 3 is 1.17 bits per heavy atom. The minimum Gasteiger partial charge on any atom is -0.338 e. The first-order valence-electron chi connectivity index (χ1n) is 12.3. The van der Waals surface area contributed by atoms with Crippen molar-refractivity contribution in [1.82, 2.24) is 9.62 Å². The summed E-state index contributed by atoms with van der Waals surface area (Å²) < 4.78 is 0. The number of rotatable bonds is 15. The van der Waals surface area contributed by atoms with Crippen LogP contribution in [0.25, 0.3) is 0 Å². The number of benzene rings is 2. The van der Waals surface area contributed by atoms with Crippen molar-refractivity contribution < 1.29 is 0 Å². The van der Waals surface area contributed by atoms with Gasteiger partial charge in [-0.2, -0.15) is 0 Å². The second kappa shape index (κ2) is 14.5. The maximum Gasteiger partial charge on any atom is 0.222 e. The van der Waals surface area contributed by atoms with Crippen molar-refractivity contribution in [1.29, 1.82) is 0 Å². The van der Waals surface area contributed by atoms with E-state index in [-0.39, 0.29) is 0 Å². The van der Waals surface area contributed by atoms with E-state index in [2.05, 4.69) is 98.0 Å². The lowest BCUT2D eigenvalue weighted by atomic mass is 9.55. The van der Waals surface area contributed by atoms with Crippen LogP contribution in [0.2, 0.25) is 25.3 Å². The van der Waals surface area contributed by atoms with Gasteiger partial charge in [-0.05, 0) is 37.1 Å². The summed E-state index contributed by atoms with van der Waals surface area (Å²) in [6.07, 6.45) is 7.48. The second-order valence-electron chi connectivity index (χ2n) is 8.56. The Hall–Kier alpha value is -1.51. The largest absolute Gasteiger partial charge is 0.338 e. The van der Waals surface area contributed by atoms with E-state index in [0.717, 1.165) is 13.1 Å². The van der Waals surface area contributed by atoms with Gasteiger partial charge in [0.05, 0.1) is 0 Å². The van der Waals surface area contributed by atoms with Crippen molar-refractivity contribution in [2.45, 2.75) is 78.9 Å². The van der Waals surface area contributed by atoms with E-state index in [0.29, 0.717) is 13.7 Å². The van der Waals surface area contributed by atoms with Gasteiger partial charge < -0.3 is 9.62 Å². The van der Waals surface area contributed by atoms with E-state index >= 15 is 0 Å². The molecule has 4 heteroatoms. The van der Waals surface area contributed by atoms with Gasteiger partial charge in [-0.25, -0.2) is 0 Å². The minimum absolute atomic E-state index is 0.685. The summed E-state index contributed by atoms with van der Waals surface area (Å²) in [5.41, 5.74) is 2.87. The molecule has 0 aliphatic carbocycles. The lowest BCUT2D eigenvalue weighted by Crippen LogP contribution is -2.40. The van der Waals surface area contributed by atoms with Crippen molar-refractivity contribution in [3.63, 3.8) is 0 Å². The minimum atomic E-state index is 0.685. The molecule has 2 rings (SSSR count). The molecule has 0 heterocycles. The van der Waals surface area contributed by atoms with Crippen LogP contribution in [-0.2, 0) is 13.1 Å². The van der Waals surface area contributed by atoms with Crippen molar-refractivity contribution in [2.75, 3.05) is 13.1 Å². The maximum absolute atomic E-state index is 2.72. The standard InChI is InChI=1S/C26H42B2N2/c1-5-27(6-2)29(23-25-17-11-9-12-18-25)21-15-16-22-30(28(7-3)8-4)24-26-19-13-10-14-20-26/h9-14,17-20H,5-8,15-16,21-24H2,1-4H3. The molecule has 0 saturated heterocycles. The molecular weight excluding hydrogens is 362 g/mol. The van der Waals surface area contributed by atoms with Crippen LogP contribution in [0.4, 0.5) is 0 Å². The van der Waals surface area contributed by atoms with Gasteiger partial charge in [0.2, 0.25) is 13.7 Å². The van der Waals surface area contributed by atoms with Crippen LogP contribution in [0.5, 0.6) is 0 Å². The van der Waals surface area contributed by atoms with Crippen molar-refractivity contribution in [3.8, 4) is 0 Å². The third kappa shape index (κ3) is 8.32. The lowest BCUT2D eigenvalue weighted by Gasteiger charge is -2.31. The Morgan fingerprint density at radius 2 is 0.867 bits per heavy atom. The molecule has 162 valence electrons. The first-order chi connectivity index (χ1) is 14.7. The smallest absolute Gasteiger partial charge is 0.222 e. The van der Waals surface area contributed by atoms with Crippen LogP contribution >= 0.6 is 0 Å². The Morgan fingerprint density at radius 1 is 0.533 bits per heavy atom. The van der Waals surface area contributed by atoms with Gasteiger partial charge in [0, 0.05) is 13.1 Å². The van der Waals surface area contributed by atoms with Crippen LogP contribution in [0, 0.1) is 0 Å². The van der Waals surface area contributed by atoms with Gasteiger partial charge in [-0.1, -0.05) is 114 Å². The number of nitrogens with zero attached hydrogens (tertiary/aromatic N) is 2. The fourth-order valence-electron chi connectivity index (χ4n) is 4.66. The SMILES string of the molecule is CCB(CC)N(CCCCN(Cc1ccccc1)B(CC)CC)Cc1ccccc1. The molecule has 0 N–H and O–H groups in total. The molecule has 0 saturated carbocycles. The molecule has 0 aliphatic rings. The topological polar surface area (TPSA) is 6.48 Å². The highest BCUT2D eigenvalue weighted by Gasteiger charge is 2.21. The summed E-state index contributed by atoms with van der Waals surface area (Å²) in [5, 5.41) is 0. The first kappa shape index (κ1) is 24.8. The zero-order valence-electron chi connectivity index (χ0n) is 19.9. The van der Waals surface area contributed by atoms with Crippen molar-refractivity contribution >= 4 is 13.7 Å². The second-order valence-corrected chi connectivity index (χ2v) is 8.56. The van der Waals surface area contributed by atoms with E-state index in [1.54, 1.807) is 0 Å². The van der Waals surface area contributed by atoms with Crippen LogP contribution in [-0.4, -0.2) is 36.4 Å². The predicted molar refractivity (Wildman–Crippen MR) is 136 cm³/mol. The Labute approximate surface area is 187 Å². The normalized spacial score (nSPS) is 11.3. The molecule has 0 unspecified atom stereocenters. The quantitative estimate of drug-likeness (QED) is 0.237. The summed E-state index contributed by atoms with van der Waals surface area (Å²) in [5.74, 6) is 0. The van der Waals surface area contributed by atoms with E-state index in [1.165, 1.54) is 62.3 Å². The number of unbranched alkanes of at least 4 members (excludes halogenated alkanes) is 1. The molecule has 2 aromatic rings. The fraction of sp³-hybridized carbons (Fsp3) is 0.538. The number of hydrogen-bond donors (Lipinski definition) is 0. The summed E-state index contributed by atoms with van der Waals surface area (Å²) in [6, 6.07) is 22.0. The molecule has 0 amide bonds. The Balaban J connectivity index is 1.92. The zero-order chi connectivity index (χ0) is 21.6. The fourth-order valence-corrected chi connectivity index (χ4v) is 4.66. The average molecular weight is 404 g/mol. The van der Waals surface area contributed by atoms with E-state index in [1.807, 2.05) is 0 Å². The third-order valence-electron chi connectivity index (χ3n) is 6.52. The molecule has 0 bridgehead atoms. The molecular formula is C26H42B2N2. The van der Waals surface area contributed by atoms with Gasteiger partial charge in [0.25, 0.3) is 0 Å². The van der Waals surface area contributed by atoms with Gasteiger partial charge in [0.15, 0.2) is 0 Å². The molecule has 2 nitrogen and oxygen atoms in total. The molecule has 2 aromatic carbocycles. The van der Waals surface area contributed by atoms with Gasteiger partial charge in [-0.3, -0.25) is 0 Å². The average Bonchev–Trinajstić information content (AvgIpc) is 2.79. The van der Waals surface area contributed by atoms with Crippen LogP contribution in [0.3, 0.4) is 0 Å². The van der Waals surface area contributed by atoms with E-state index in [9.17, 15) is 0 Å². The highest BCUT2D eigenvalue weighted by molar-refractivity contribution is 6.55. The highest BCUT2D eigenvalue weighted by atomic mass is 15.1. The molecule has 0 aliphatic heterocycles. The molecule has 0 fully saturated rings. The first-order valence-corrected chi connectivity index (χ1v) is 12.3. The van der Waals surface area contributed by atoms with Crippen LogP contribution in [0.15, 0.2) is 60.7 Å². The molecule has 0 radical (unpaired) electrons. The Kier molecular flexibility index (Phi) is 12.0. The number of hydrogen-bond acceptors (Lipinski definition) is 2. The molecule has 30 heavy (non-hydrogen) atoms.